The van der Waals surface area contributed by atoms with Gasteiger partial charge in [0, 0.05) is 35.6 Å². The predicted octanol–water partition coefficient (Wildman–Crippen LogP) is 6.13. The van der Waals surface area contributed by atoms with Gasteiger partial charge in [-0.05, 0) is 52.0 Å². The zero-order valence-corrected chi connectivity index (χ0v) is 40.1. The highest BCUT2D eigenvalue weighted by Crippen LogP contribution is 2.44. The third kappa shape index (κ3) is 15.8. The smallest absolute Gasteiger partial charge is 0.309 e. The first-order valence-electron chi connectivity index (χ1n) is 21.1. The average Bonchev–Trinajstić information content (AvgIpc) is 3.26. The van der Waals surface area contributed by atoms with Crippen LogP contribution in [0.5, 0.6) is 0 Å². The summed E-state index contributed by atoms with van der Waals surface area (Å²) in [6, 6.07) is 13.9. The second-order valence-electron chi connectivity index (χ2n) is 16.1. The molecule has 5 rings (SSSR count). The lowest BCUT2D eigenvalue weighted by molar-refractivity contribution is -0.373. The van der Waals surface area contributed by atoms with Crippen LogP contribution in [0.2, 0.25) is 0 Å². The Balaban J connectivity index is 1.09. The van der Waals surface area contributed by atoms with Crippen molar-refractivity contribution in [3.05, 3.63) is 59.8 Å². The van der Waals surface area contributed by atoms with Gasteiger partial charge < -0.3 is 58.3 Å². The number of rotatable bonds is 23. The molecule has 3 fully saturated rings. The highest BCUT2D eigenvalue weighted by atomic mass is 33.1. The van der Waals surface area contributed by atoms with E-state index in [1.54, 1.807) is 51.3 Å². The molecule has 4 N–H and O–H groups in total. The van der Waals surface area contributed by atoms with Crippen molar-refractivity contribution < 1.29 is 63.1 Å². The Morgan fingerprint density at radius 2 is 1.71 bits per heavy atom. The monoisotopic (exact) mass is 961 g/mol. The van der Waals surface area contributed by atoms with E-state index < -0.39 is 66.8 Å². The van der Waals surface area contributed by atoms with Crippen molar-refractivity contribution in [2.24, 2.45) is 11.3 Å². The lowest BCUT2D eigenvalue weighted by Gasteiger charge is -2.45. The number of aliphatic hydroxyl groups excluding tert-OH is 4. The number of hydrogen-bond donors (Lipinski definition) is 4. The zero-order chi connectivity index (χ0) is 44.6. The van der Waals surface area contributed by atoms with Crippen molar-refractivity contribution in [3.63, 3.8) is 0 Å². The third-order valence-corrected chi connectivity index (χ3v) is 16.1. The van der Waals surface area contributed by atoms with Crippen LogP contribution in [0.25, 0.3) is 0 Å². The SMILES string of the molecule is CCSC(=S)SC(C)C(CC(C)(C)C(C)C(=O)OCCOCCOCCSSc1ccccn1)c1ccc(C2OCC3OC(OC4OC(CO)CC(O)C4O)CC(O)C3O2)cc1. The molecular formula is C43H63NO13S5. The molecule has 14 nitrogen and oxygen atoms in total. The maximum absolute atomic E-state index is 13.3. The van der Waals surface area contributed by atoms with Crippen molar-refractivity contribution in [1.82, 2.24) is 4.98 Å². The standard InChI is InChI=1S/C43H63NO13S5/c1-6-59-42(58)61-27(3)31(23-43(4,5)26(2)39(49)52-18-17-50-15-16-51-19-20-60-62-35-9-7-8-14-44-35)28-10-12-29(13-11-28)40-53-25-34-38(57-40)33(47)22-36(55-34)56-41-37(48)32(46)21-30(24-45)54-41/h7-14,26-27,30-34,36-38,40-41,45-48H,6,15-25H2,1-5H3. The van der Waals surface area contributed by atoms with Gasteiger partial charge in [0.2, 0.25) is 0 Å². The van der Waals surface area contributed by atoms with Crippen LogP contribution in [0, 0.1) is 11.3 Å². The molecule has 3 aliphatic heterocycles. The summed E-state index contributed by atoms with van der Waals surface area (Å²) in [7, 11) is 3.31. The van der Waals surface area contributed by atoms with Gasteiger partial charge in [-0.2, -0.15) is 0 Å². The summed E-state index contributed by atoms with van der Waals surface area (Å²) in [5, 5.41) is 42.3. The fraction of sp³-hybridized carbons (Fsp3) is 0.698. The maximum Gasteiger partial charge on any atom is 0.309 e. The first-order chi connectivity index (χ1) is 29.8. The van der Waals surface area contributed by atoms with Crippen LogP contribution in [-0.4, -0.2) is 147 Å². The largest absolute Gasteiger partial charge is 0.463 e. The van der Waals surface area contributed by atoms with Crippen molar-refractivity contribution >= 4 is 66.8 Å². The number of nitrogens with zero attached hydrogens (tertiary/aromatic N) is 1. The average molecular weight is 962 g/mol. The van der Waals surface area contributed by atoms with Gasteiger partial charge in [-0.25, -0.2) is 4.98 Å². The Labute approximate surface area is 387 Å². The van der Waals surface area contributed by atoms with Gasteiger partial charge in [-0.3, -0.25) is 4.79 Å². The Morgan fingerprint density at radius 3 is 2.42 bits per heavy atom. The number of fused-ring (bicyclic) bond motifs is 1. The summed E-state index contributed by atoms with van der Waals surface area (Å²) in [5.74, 6) is 1.10. The second kappa shape index (κ2) is 26.3. The molecule has 2 aromatic rings. The highest BCUT2D eigenvalue weighted by molar-refractivity contribution is 8.76. The molecule has 0 radical (unpaired) electrons. The number of carbonyl (C=O) groups excluding carboxylic acids is 1. The summed E-state index contributed by atoms with van der Waals surface area (Å²) < 4.78 is 47.6. The lowest BCUT2D eigenvalue weighted by atomic mass is 9.71. The van der Waals surface area contributed by atoms with Gasteiger partial charge in [-0.15, -0.1) is 23.5 Å². The van der Waals surface area contributed by atoms with E-state index in [0.717, 1.165) is 31.2 Å². The van der Waals surface area contributed by atoms with Crippen molar-refractivity contribution in [2.75, 3.05) is 57.8 Å². The maximum atomic E-state index is 13.3. The van der Waals surface area contributed by atoms with Gasteiger partial charge >= 0.3 is 5.97 Å². The van der Waals surface area contributed by atoms with Crippen LogP contribution in [0.3, 0.4) is 0 Å². The summed E-state index contributed by atoms with van der Waals surface area (Å²) in [6.45, 7) is 12.1. The molecule has 0 spiro atoms. The quantitative estimate of drug-likeness (QED) is 0.0431. The van der Waals surface area contributed by atoms with Crippen molar-refractivity contribution in [1.29, 1.82) is 0 Å². The topological polar surface area (TPSA) is 185 Å². The van der Waals surface area contributed by atoms with E-state index in [1.165, 1.54) is 0 Å². The van der Waals surface area contributed by atoms with Gasteiger partial charge in [0.15, 0.2) is 18.9 Å². The number of pyridine rings is 1. The van der Waals surface area contributed by atoms with Crippen LogP contribution >= 0.6 is 57.3 Å². The minimum Gasteiger partial charge on any atom is -0.463 e. The third-order valence-electron chi connectivity index (χ3n) is 11.1. The number of thiocarbonyl (C=S) groups is 1. The summed E-state index contributed by atoms with van der Waals surface area (Å²) in [5.41, 5.74) is 1.43. The number of ether oxygens (including phenoxy) is 8. The molecule has 12 unspecified atom stereocenters. The fourth-order valence-electron chi connectivity index (χ4n) is 7.28. The van der Waals surface area contributed by atoms with E-state index in [1.807, 2.05) is 37.3 Å². The number of aliphatic hydroxyl groups is 4. The van der Waals surface area contributed by atoms with Crippen LogP contribution < -0.4 is 0 Å². The lowest BCUT2D eigenvalue weighted by Crippen LogP contribution is -2.57. The molecule has 3 aliphatic rings. The van der Waals surface area contributed by atoms with Crippen LogP contribution in [-0.2, 0) is 42.7 Å². The molecule has 0 amide bonds. The molecule has 0 saturated carbocycles. The first kappa shape index (κ1) is 51.9. The highest BCUT2D eigenvalue weighted by Gasteiger charge is 2.47. The molecule has 0 aliphatic carbocycles. The molecule has 0 bridgehead atoms. The van der Waals surface area contributed by atoms with E-state index in [-0.39, 0.29) is 56.4 Å². The summed E-state index contributed by atoms with van der Waals surface area (Å²) in [4.78, 5) is 17.6. The summed E-state index contributed by atoms with van der Waals surface area (Å²) in [6.07, 6.45) is -5.86. The van der Waals surface area contributed by atoms with E-state index >= 15 is 0 Å². The Hall–Kier alpha value is -1.11. The van der Waals surface area contributed by atoms with E-state index in [2.05, 4.69) is 44.8 Å². The van der Waals surface area contributed by atoms with Gasteiger partial charge in [0.25, 0.3) is 0 Å². The molecular weight excluding hydrogens is 899 g/mol. The number of benzene rings is 1. The van der Waals surface area contributed by atoms with E-state index in [4.69, 9.17) is 50.1 Å². The molecule has 62 heavy (non-hydrogen) atoms. The number of carbonyl (C=O) groups is 1. The Bertz CT molecular complexity index is 1630. The second-order valence-corrected chi connectivity index (χ2v) is 22.4. The number of esters is 1. The predicted molar refractivity (Wildman–Crippen MR) is 246 cm³/mol. The van der Waals surface area contributed by atoms with Crippen LogP contribution in [0.15, 0.2) is 53.7 Å². The number of aromatic nitrogens is 1. The molecule has 1 aromatic heterocycles. The molecule has 1 aromatic carbocycles. The van der Waals surface area contributed by atoms with Gasteiger partial charge in [0.05, 0.1) is 63.9 Å². The van der Waals surface area contributed by atoms with E-state index in [9.17, 15) is 25.2 Å². The molecule has 348 valence electrons. The minimum absolute atomic E-state index is 0.0354. The Morgan fingerprint density at radius 1 is 0.968 bits per heavy atom. The van der Waals surface area contributed by atoms with Crippen molar-refractivity contribution in [3.8, 4) is 0 Å². The van der Waals surface area contributed by atoms with Crippen LogP contribution in [0.4, 0.5) is 0 Å². The summed E-state index contributed by atoms with van der Waals surface area (Å²) >= 11 is 9.03. The molecule has 4 heterocycles. The minimum atomic E-state index is -1.34. The van der Waals surface area contributed by atoms with Gasteiger partial charge in [-0.1, -0.05) is 88.0 Å². The number of hydrogen-bond acceptors (Lipinski definition) is 19. The fourth-order valence-corrected chi connectivity index (χ4v) is 11.9. The molecule has 19 heteroatoms. The molecule has 3 saturated heterocycles. The zero-order valence-electron chi connectivity index (χ0n) is 36.0. The van der Waals surface area contributed by atoms with Crippen molar-refractivity contribution in [2.45, 2.75) is 126 Å². The first-order valence-corrected chi connectivity index (χ1v) is 25.7. The molecule has 12 atom stereocenters. The normalized spacial score (nSPS) is 28.1. The Kier molecular flexibility index (Phi) is 22.0. The van der Waals surface area contributed by atoms with Gasteiger partial charge in [0.1, 0.15) is 33.5 Å². The van der Waals surface area contributed by atoms with Crippen LogP contribution in [0.1, 0.15) is 77.2 Å². The number of thioether (sulfide) groups is 2. The van der Waals surface area contributed by atoms with E-state index in [0.29, 0.717) is 26.2 Å².